The van der Waals surface area contributed by atoms with Gasteiger partial charge in [0.2, 0.25) is 0 Å². The Labute approximate surface area is 158 Å². The average molecular weight is 377 g/mol. The van der Waals surface area contributed by atoms with E-state index in [1.165, 1.54) is 18.7 Å². The number of aryl methyl sites for hydroxylation is 1. The molecule has 0 aliphatic carbocycles. The summed E-state index contributed by atoms with van der Waals surface area (Å²) in [6.07, 6.45) is 0. The van der Waals surface area contributed by atoms with E-state index in [0.717, 1.165) is 17.9 Å². The molecule has 0 fully saturated rings. The second kappa shape index (κ2) is 8.29. The van der Waals surface area contributed by atoms with Gasteiger partial charge in [0.25, 0.3) is 0 Å². The maximum Gasteiger partial charge on any atom is 0.181 e. The van der Waals surface area contributed by atoms with Crippen molar-refractivity contribution >= 4 is 12.4 Å². The van der Waals surface area contributed by atoms with E-state index in [1.54, 1.807) is 16.8 Å². The molecule has 3 aromatic rings. The lowest BCUT2D eigenvalue weighted by Crippen LogP contribution is -2.10. The van der Waals surface area contributed by atoms with Gasteiger partial charge in [-0.2, -0.15) is 5.10 Å². The van der Waals surface area contributed by atoms with Gasteiger partial charge in [0.15, 0.2) is 23.2 Å². The van der Waals surface area contributed by atoms with Crippen molar-refractivity contribution in [3.8, 4) is 28.5 Å². The minimum absolute atomic E-state index is 0. The Hall–Kier alpha value is -2.44. The van der Waals surface area contributed by atoms with Crippen molar-refractivity contribution in [3.63, 3.8) is 0 Å². The number of hydrogen-bond donors (Lipinski definition) is 0. The van der Waals surface area contributed by atoms with Crippen LogP contribution in [-0.2, 0) is 13.6 Å². The zero-order valence-corrected chi connectivity index (χ0v) is 16.0. The number of rotatable bonds is 5. The highest BCUT2D eigenvalue weighted by Crippen LogP contribution is 2.26. The first-order valence-corrected chi connectivity index (χ1v) is 7.97. The van der Waals surface area contributed by atoms with Crippen LogP contribution in [0, 0.1) is 5.82 Å². The van der Waals surface area contributed by atoms with Crippen molar-refractivity contribution in [2.45, 2.75) is 6.54 Å². The zero-order chi connectivity index (χ0) is 18.0. The molecule has 1 heterocycles. The number of aromatic nitrogens is 3. The molecule has 138 valence electrons. The van der Waals surface area contributed by atoms with Gasteiger partial charge in [0.05, 0.1) is 7.11 Å². The van der Waals surface area contributed by atoms with E-state index in [9.17, 15) is 4.39 Å². The van der Waals surface area contributed by atoms with E-state index in [1.807, 2.05) is 33.3 Å². The number of ether oxygens (including phenoxy) is 1. The Kier molecular flexibility index (Phi) is 6.34. The summed E-state index contributed by atoms with van der Waals surface area (Å²) < 4.78 is 20.6. The third kappa shape index (κ3) is 4.20. The van der Waals surface area contributed by atoms with Crippen LogP contribution in [0.5, 0.6) is 5.75 Å². The van der Waals surface area contributed by atoms with Crippen molar-refractivity contribution in [2.24, 2.45) is 7.05 Å². The van der Waals surface area contributed by atoms with Crippen LogP contribution in [0.2, 0.25) is 0 Å². The Morgan fingerprint density at radius 1 is 1.12 bits per heavy atom. The molecule has 0 spiro atoms. The van der Waals surface area contributed by atoms with Crippen LogP contribution in [0.15, 0.2) is 42.5 Å². The highest BCUT2D eigenvalue weighted by atomic mass is 35.5. The van der Waals surface area contributed by atoms with Crippen LogP contribution in [0.1, 0.15) is 5.56 Å². The molecule has 0 radical (unpaired) electrons. The second-order valence-electron chi connectivity index (χ2n) is 6.17. The summed E-state index contributed by atoms with van der Waals surface area (Å²) in [5.74, 6) is 1.00. The maximum atomic E-state index is 13.9. The quantitative estimate of drug-likeness (QED) is 0.679. The Morgan fingerprint density at radius 3 is 2.54 bits per heavy atom. The molecule has 0 aliphatic rings. The van der Waals surface area contributed by atoms with Crippen LogP contribution < -0.4 is 4.74 Å². The van der Waals surface area contributed by atoms with E-state index in [2.05, 4.69) is 27.1 Å². The summed E-state index contributed by atoms with van der Waals surface area (Å²) in [4.78, 5) is 6.71. The summed E-state index contributed by atoms with van der Waals surface area (Å²) in [6, 6.07) is 12.9. The van der Waals surface area contributed by atoms with Gasteiger partial charge in [0, 0.05) is 24.7 Å². The third-order valence-electron chi connectivity index (χ3n) is 3.86. The molecule has 1 aromatic heterocycles. The molecule has 0 bridgehead atoms. The maximum absolute atomic E-state index is 13.9. The lowest BCUT2D eigenvalue weighted by Gasteiger charge is -2.10. The molecular weight excluding hydrogens is 355 g/mol. The SMILES string of the molecule is COc1ccc(-c2nc(-c3cccc(CN(C)C)c3)n(C)n2)cc1F.Cl. The molecule has 26 heavy (non-hydrogen) atoms. The highest BCUT2D eigenvalue weighted by Gasteiger charge is 2.13. The average Bonchev–Trinajstić information content (AvgIpc) is 2.96. The fourth-order valence-corrected chi connectivity index (χ4v) is 2.74. The number of methoxy groups -OCH3 is 1. The summed E-state index contributed by atoms with van der Waals surface area (Å²) in [7, 11) is 7.34. The normalized spacial score (nSPS) is 10.7. The first-order chi connectivity index (χ1) is 12.0. The Balaban J connectivity index is 0.00000243. The summed E-state index contributed by atoms with van der Waals surface area (Å²) >= 11 is 0. The van der Waals surface area contributed by atoms with Crippen molar-refractivity contribution in [1.82, 2.24) is 19.7 Å². The molecule has 0 N–H and O–H groups in total. The fraction of sp³-hybridized carbons (Fsp3) is 0.263. The van der Waals surface area contributed by atoms with Gasteiger partial charge in [-0.1, -0.05) is 18.2 Å². The lowest BCUT2D eigenvalue weighted by atomic mass is 10.1. The van der Waals surface area contributed by atoms with Gasteiger partial charge >= 0.3 is 0 Å². The van der Waals surface area contributed by atoms with Crippen LogP contribution in [0.25, 0.3) is 22.8 Å². The molecular formula is C19H22ClFN4O. The van der Waals surface area contributed by atoms with Gasteiger partial charge in [-0.25, -0.2) is 14.1 Å². The van der Waals surface area contributed by atoms with E-state index in [-0.39, 0.29) is 18.2 Å². The van der Waals surface area contributed by atoms with Crippen LogP contribution in [-0.4, -0.2) is 40.9 Å². The van der Waals surface area contributed by atoms with Crippen molar-refractivity contribution in [3.05, 3.63) is 53.8 Å². The number of benzene rings is 2. The largest absolute Gasteiger partial charge is 0.494 e. The standard InChI is InChI=1S/C19H21FN4O.ClH/c1-23(2)12-13-6-5-7-15(10-13)19-21-18(22-24(19)3)14-8-9-17(25-4)16(20)11-14;/h5-11H,12H2,1-4H3;1H. The topological polar surface area (TPSA) is 43.2 Å². The van der Waals surface area contributed by atoms with Gasteiger partial charge in [-0.05, 0) is 43.9 Å². The van der Waals surface area contributed by atoms with E-state index in [0.29, 0.717) is 11.4 Å². The van der Waals surface area contributed by atoms with E-state index < -0.39 is 5.82 Å². The summed E-state index contributed by atoms with van der Waals surface area (Å²) in [5.41, 5.74) is 2.79. The van der Waals surface area contributed by atoms with E-state index >= 15 is 0 Å². The van der Waals surface area contributed by atoms with Crippen LogP contribution in [0.4, 0.5) is 4.39 Å². The molecule has 7 heteroatoms. The van der Waals surface area contributed by atoms with Crippen molar-refractivity contribution in [1.29, 1.82) is 0 Å². The van der Waals surface area contributed by atoms with Crippen molar-refractivity contribution in [2.75, 3.05) is 21.2 Å². The first-order valence-electron chi connectivity index (χ1n) is 7.97. The summed E-state index contributed by atoms with van der Waals surface area (Å²) in [6.45, 7) is 0.849. The molecule has 0 saturated carbocycles. The minimum Gasteiger partial charge on any atom is -0.494 e. The van der Waals surface area contributed by atoms with Gasteiger partial charge in [-0.3, -0.25) is 0 Å². The Morgan fingerprint density at radius 2 is 1.88 bits per heavy atom. The van der Waals surface area contributed by atoms with Gasteiger partial charge in [0.1, 0.15) is 0 Å². The van der Waals surface area contributed by atoms with Gasteiger partial charge in [-0.15, -0.1) is 12.4 Å². The fourth-order valence-electron chi connectivity index (χ4n) is 2.74. The molecule has 0 atom stereocenters. The second-order valence-corrected chi connectivity index (χ2v) is 6.17. The van der Waals surface area contributed by atoms with Crippen LogP contribution >= 0.6 is 12.4 Å². The highest BCUT2D eigenvalue weighted by molar-refractivity contribution is 5.85. The molecule has 3 rings (SSSR count). The molecule has 0 saturated heterocycles. The minimum atomic E-state index is -0.429. The molecule has 0 aliphatic heterocycles. The lowest BCUT2D eigenvalue weighted by molar-refractivity contribution is 0.386. The molecule has 0 unspecified atom stereocenters. The smallest absolute Gasteiger partial charge is 0.181 e. The number of nitrogens with zero attached hydrogens (tertiary/aromatic N) is 4. The zero-order valence-electron chi connectivity index (χ0n) is 15.2. The predicted molar refractivity (Wildman–Crippen MR) is 103 cm³/mol. The molecule has 2 aromatic carbocycles. The first kappa shape index (κ1) is 19.9. The number of hydrogen-bond acceptors (Lipinski definition) is 4. The van der Waals surface area contributed by atoms with Crippen LogP contribution in [0.3, 0.4) is 0 Å². The van der Waals surface area contributed by atoms with E-state index in [4.69, 9.17) is 4.74 Å². The third-order valence-corrected chi connectivity index (χ3v) is 3.86. The summed E-state index contributed by atoms with van der Waals surface area (Å²) in [5, 5.41) is 4.43. The molecule has 0 amide bonds. The van der Waals surface area contributed by atoms with Crippen molar-refractivity contribution < 1.29 is 9.13 Å². The Bertz CT molecular complexity index is 895. The molecule has 5 nitrogen and oxygen atoms in total. The monoisotopic (exact) mass is 376 g/mol. The van der Waals surface area contributed by atoms with Gasteiger partial charge < -0.3 is 9.64 Å². The predicted octanol–water partition coefficient (Wildman–Crippen LogP) is 3.78. The number of halogens is 2.